The first-order chi connectivity index (χ1) is 7.19. The minimum absolute atomic E-state index is 0.124. The molecule has 1 rings (SSSR count). The van der Waals surface area contributed by atoms with Gasteiger partial charge < -0.3 is 14.2 Å². The van der Waals surface area contributed by atoms with Crippen LogP contribution in [0.25, 0.3) is 0 Å². The lowest BCUT2D eigenvalue weighted by Gasteiger charge is -2.38. The zero-order valence-electron chi connectivity index (χ0n) is 9.94. The van der Waals surface area contributed by atoms with Crippen LogP contribution in [0.3, 0.4) is 0 Å². The number of hydrogen-bond acceptors (Lipinski definition) is 3. The van der Waals surface area contributed by atoms with E-state index in [0.29, 0.717) is 25.0 Å². The Morgan fingerprint density at radius 1 is 1.27 bits per heavy atom. The Kier molecular flexibility index (Phi) is 5.29. The Labute approximate surface area is 92.4 Å². The van der Waals surface area contributed by atoms with Crippen molar-refractivity contribution in [1.82, 2.24) is 0 Å². The van der Waals surface area contributed by atoms with E-state index in [-0.39, 0.29) is 12.6 Å². The summed E-state index contributed by atoms with van der Waals surface area (Å²) in [6.45, 7) is 11.1. The maximum Gasteiger partial charge on any atom is 0.163 e. The van der Waals surface area contributed by atoms with Crippen LogP contribution >= 0.6 is 0 Å². The first kappa shape index (κ1) is 12.7. The van der Waals surface area contributed by atoms with E-state index < -0.39 is 0 Å². The summed E-state index contributed by atoms with van der Waals surface area (Å²) in [5, 5.41) is 0. The van der Waals surface area contributed by atoms with E-state index >= 15 is 0 Å². The van der Waals surface area contributed by atoms with Gasteiger partial charge in [-0.15, -0.1) is 6.58 Å². The molecule has 0 aromatic carbocycles. The van der Waals surface area contributed by atoms with Crippen molar-refractivity contribution in [3.63, 3.8) is 0 Å². The minimum atomic E-state index is -0.157. The predicted molar refractivity (Wildman–Crippen MR) is 59.4 cm³/mol. The zero-order valence-corrected chi connectivity index (χ0v) is 9.94. The van der Waals surface area contributed by atoms with Crippen LogP contribution in [0.4, 0.5) is 0 Å². The van der Waals surface area contributed by atoms with Crippen LogP contribution < -0.4 is 0 Å². The van der Waals surface area contributed by atoms with Crippen LogP contribution in [0.5, 0.6) is 0 Å². The molecule has 0 spiro atoms. The largest absolute Gasteiger partial charge is 0.353 e. The molecule has 0 aromatic heterocycles. The van der Waals surface area contributed by atoms with Crippen molar-refractivity contribution in [2.45, 2.75) is 39.8 Å². The second-order valence-corrected chi connectivity index (χ2v) is 4.14. The Hall–Kier alpha value is -0.380. The van der Waals surface area contributed by atoms with Crippen molar-refractivity contribution in [2.24, 2.45) is 11.8 Å². The van der Waals surface area contributed by atoms with E-state index in [1.54, 1.807) is 6.08 Å². The molecule has 1 aliphatic heterocycles. The molecule has 15 heavy (non-hydrogen) atoms. The van der Waals surface area contributed by atoms with Gasteiger partial charge in [0, 0.05) is 18.4 Å². The first-order valence-electron chi connectivity index (χ1n) is 5.68. The van der Waals surface area contributed by atoms with E-state index in [9.17, 15) is 0 Å². The molecule has 0 amide bonds. The quantitative estimate of drug-likeness (QED) is 0.658. The molecule has 4 unspecified atom stereocenters. The summed E-state index contributed by atoms with van der Waals surface area (Å²) in [6, 6.07) is 0. The van der Waals surface area contributed by atoms with E-state index in [4.69, 9.17) is 14.2 Å². The van der Waals surface area contributed by atoms with Crippen LogP contribution in [0.2, 0.25) is 0 Å². The lowest BCUT2D eigenvalue weighted by atomic mass is 9.93. The molecule has 1 aliphatic rings. The second kappa shape index (κ2) is 6.26. The Balaban J connectivity index is 2.46. The standard InChI is InChI=1S/C12H22O3/c1-5-7-14-12-10(4)8-9(3)11(15-12)13-6-2/h5,9-12H,1,6-8H2,2-4H3. The summed E-state index contributed by atoms with van der Waals surface area (Å²) in [4.78, 5) is 0. The molecule has 0 bridgehead atoms. The zero-order chi connectivity index (χ0) is 11.3. The Morgan fingerprint density at radius 2 is 1.87 bits per heavy atom. The average Bonchev–Trinajstić information content (AvgIpc) is 2.20. The summed E-state index contributed by atoms with van der Waals surface area (Å²) >= 11 is 0. The highest BCUT2D eigenvalue weighted by Crippen LogP contribution is 2.30. The van der Waals surface area contributed by atoms with E-state index in [1.165, 1.54) is 0 Å². The van der Waals surface area contributed by atoms with Gasteiger partial charge in [0.05, 0.1) is 6.61 Å². The van der Waals surface area contributed by atoms with Gasteiger partial charge in [0.1, 0.15) is 0 Å². The molecule has 1 saturated heterocycles. The smallest absolute Gasteiger partial charge is 0.163 e. The monoisotopic (exact) mass is 214 g/mol. The van der Waals surface area contributed by atoms with Crippen molar-refractivity contribution in [3.05, 3.63) is 12.7 Å². The van der Waals surface area contributed by atoms with Crippen molar-refractivity contribution >= 4 is 0 Å². The summed E-state index contributed by atoms with van der Waals surface area (Å²) < 4.78 is 16.8. The molecule has 1 heterocycles. The van der Waals surface area contributed by atoms with Gasteiger partial charge in [-0.25, -0.2) is 0 Å². The van der Waals surface area contributed by atoms with Crippen molar-refractivity contribution in [2.75, 3.05) is 13.2 Å². The number of hydrogen-bond donors (Lipinski definition) is 0. The van der Waals surface area contributed by atoms with Crippen molar-refractivity contribution in [3.8, 4) is 0 Å². The second-order valence-electron chi connectivity index (χ2n) is 4.14. The number of ether oxygens (including phenoxy) is 3. The molecule has 1 fully saturated rings. The van der Waals surface area contributed by atoms with E-state index in [2.05, 4.69) is 20.4 Å². The fraction of sp³-hybridized carbons (Fsp3) is 0.833. The molecule has 0 saturated carbocycles. The Morgan fingerprint density at radius 3 is 2.40 bits per heavy atom. The molecule has 88 valence electrons. The van der Waals surface area contributed by atoms with Crippen LogP contribution in [-0.4, -0.2) is 25.8 Å². The molecule has 3 heteroatoms. The molecule has 0 aromatic rings. The first-order valence-corrected chi connectivity index (χ1v) is 5.68. The average molecular weight is 214 g/mol. The van der Waals surface area contributed by atoms with Gasteiger partial charge in [-0.05, 0) is 13.3 Å². The molecule has 0 aliphatic carbocycles. The molecule has 3 nitrogen and oxygen atoms in total. The number of rotatable bonds is 5. The normalized spacial score (nSPS) is 36.5. The van der Waals surface area contributed by atoms with Crippen LogP contribution in [0.15, 0.2) is 12.7 Å². The van der Waals surface area contributed by atoms with Gasteiger partial charge in [-0.2, -0.15) is 0 Å². The highest BCUT2D eigenvalue weighted by molar-refractivity contribution is 4.74. The van der Waals surface area contributed by atoms with E-state index in [1.807, 2.05) is 6.92 Å². The third kappa shape index (κ3) is 3.59. The highest BCUT2D eigenvalue weighted by atomic mass is 16.8. The van der Waals surface area contributed by atoms with Gasteiger partial charge in [-0.3, -0.25) is 0 Å². The van der Waals surface area contributed by atoms with Gasteiger partial charge in [0.25, 0.3) is 0 Å². The maximum absolute atomic E-state index is 5.76. The summed E-state index contributed by atoms with van der Waals surface area (Å²) in [5.41, 5.74) is 0. The van der Waals surface area contributed by atoms with Crippen LogP contribution in [-0.2, 0) is 14.2 Å². The lowest BCUT2D eigenvalue weighted by Crippen LogP contribution is -2.42. The summed E-state index contributed by atoms with van der Waals surface area (Å²) in [7, 11) is 0. The van der Waals surface area contributed by atoms with Crippen molar-refractivity contribution < 1.29 is 14.2 Å². The topological polar surface area (TPSA) is 27.7 Å². The Bertz CT molecular complexity index is 193. The maximum atomic E-state index is 5.76. The predicted octanol–water partition coefficient (Wildman–Crippen LogP) is 2.57. The van der Waals surface area contributed by atoms with Gasteiger partial charge >= 0.3 is 0 Å². The summed E-state index contributed by atoms with van der Waals surface area (Å²) in [5.74, 6) is 0.847. The lowest BCUT2D eigenvalue weighted by molar-refractivity contribution is -0.297. The third-order valence-corrected chi connectivity index (χ3v) is 2.65. The van der Waals surface area contributed by atoms with Crippen LogP contribution in [0.1, 0.15) is 27.2 Å². The molecular weight excluding hydrogens is 192 g/mol. The van der Waals surface area contributed by atoms with E-state index in [0.717, 1.165) is 6.42 Å². The highest BCUT2D eigenvalue weighted by Gasteiger charge is 2.34. The molecule has 0 radical (unpaired) electrons. The van der Waals surface area contributed by atoms with Crippen molar-refractivity contribution in [1.29, 1.82) is 0 Å². The van der Waals surface area contributed by atoms with Gasteiger partial charge in [-0.1, -0.05) is 19.9 Å². The molecular formula is C12H22O3. The van der Waals surface area contributed by atoms with Gasteiger partial charge in [0.15, 0.2) is 12.6 Å². The summed E-state index contributed by atoms with van der Waals surface area (Å²) in [6.07, 6.45) is 2.53. The van der Waals surface area contributed by atoms with Crippen LogP contribution in [0, 0.1) is 11.8 Å². The fourth-order valence-electron chi connectivity index (χ4n) is 1.94. The SMILES string of the molecule is C=CCOC1OC(OCC)C(C)CC1C. The molecule has 4 atom stereocenters. The fourth-order valence-corrected chi connectivity index (χ4v) is 1.94. The molecule has 0 N–H and O–H groups in total. The van der Waals surface area contributed by atoms with Gasteiger partial charge in [0.2, 0.25) is 0 Å². The minimum Gasteiger partial charge on any atom is -0.353 e. The third-order valence-electron chi connectivity index (χ3n) is 2.65.